The molecule has 0 amide bonds. The third kappa shape index (κ3) is 6.30. The number of hydrogen-bond donors (Lipinski definition) is 0. The summed E-state index contributed by atoms with van der Waals surface area (Å²) in [6.07, 6.45) is 9.08. The second-order valence-corrected chi connectivity index (χ2v) is 5.77. The van der Waals surface area contributed by atoms with E-state index in [9.17, 15) is 4.79 Å². The monoisotopic (exact) mass is 290 g/mol. The number of ether oxygens (including phenoxy) is 2. The molecular weight excluding hydrogens is 264 g/mol. The van der Waals surface area contributed by atoms with Crippen LogP contribution in [0.25, 0.3) is 0 Å². The minimum atomic E-state index is -0.253. The van der Waals surface area contributed by atoms with Crippen LogP contribution in [0.2, 0.25) is 0 Å². The highest BCUT2D eigenvalue weighted by atomic mass is 16.6. The molecule has 1 aliphatic rings. The Morgan fingerprint density at radius 1 is 1.14 bits per heavy atom. The number of hydrogen-bond acceptors (Lipinski definition) is 3. The first-order valence-corrected chi connectivity index (χ1v) is 8.17. The van der Waals surface area contributed by atoms with E-state index < -0.39 is 0 Å². The van der Waals surface area contributed by atoms with Crippen molar-refractivity contribution in [2.75, 3.05) is 13.2 Å². The first-order valence-electron chi connectivity index (χ1n) is 8.17. The van der Waals surface area contributed by atoms with Gasteiger partial charge in [0.2, 0.25) is 0 Å². The van der Waals surface area contributed by atoms with Crippen molar-refractivity contribution < 1.29 is 14.3 Å². The summed E-state index contributed by atoms with van der Waals surface area (Å²) in [5, 5.41) is 0. The Morgan fingerprint density at radius 2 is 1.81 bits per heavy atom. The van der Waals surface area contributed by atoms with Crippen molar-refractivity contribution in [2.24, 2.45) is 0 Å². The molecule has 1 heterocycles. The minimum Gasteiger partial charge on any atom is -0.459 e. The number of rotatable bonds is 10. The third-order valence-corrected chi connectivity index (χ3v) is 3.81. The van der Waals surface area contributed by atoms with E-state index in [-0.39, 0.29) is 12.1 Å². The van der Waals surface area contributed by atoms with Gasteiger partial charge >= 0.3 is 5.97 Å². The Hall–Kier alpha value is -1.35. The van der Waals surface area contributed by atoms with E-state index in [4.69, 9.17) is 9.47 Å². The van der Waals surface area contributed by atoms with Crippen molar-refractivity contribution in [1.29, 1.82) is 0 Å². The van der Waals surface area contributed by atoms with Crippen molar-refractivity contribution in [3.05, 3.63) is 35.4 Å². The Kier molecular flexibility index (Phi) is 6.74. The van der Waals surface area contributed by atoms with Crippen LogP contribution in [-0.2, 0) is 15.9 Å². The van der Waals surface area contributed by atoms with Crippen LogP contribution in [0.15, 0.2) is 24.3 Å². The normalized spacial score (nSPS) is 16.7. The quantitative estimate of drug-likeness (QED) is 0.369. The number of carbonyl (C=O) groups excluding carboxylic acids is 1. The summed E-state index contributed by atoms with van der Waals surface area (Å²) in [5.41, 5.74) is 1.93. The van der Waals surface area contributed by atoms with Gasteiger partial charge in [0.1, 0.15) is 12.7 Å². The molecule has 0 radical (unpaired) electrons. The number of unbranched alkanes of at least 4 members (excludes halogenated alkanes) is 5. The van der Waals surface area contributed by atoms with Crippen LogP contribution < -0.4 is 0 Å². The van der Waals surface area contributed by atoms with Gasteiger partial charge in [-0.2, -0.15) is 0 Å². The molecule has 1 saturated heterocycles. The lowest BCUT2D eigenvalue weighted by Gasteiger charge is -2.05. The van der Waals surface area contributed by atoms with Gasteiger partial charge in [0.05, 0.1) is 12.2 Å². The van der Waals surface area contributed by atoms with Crippen molar-refractivity contribution in [3.63, 3.8) is 0 Å². The van der Waals surface area contributed by atoms with E-state index in [1.165, 1.54) is 44.1 Å². The maximum Gasteiger partial charge on any atom is 0.338 e. The van der Waals surface area contributed by atoms with Gasteiger partial charge in [-0.15, -0.1) is 0 Å². The second kappa shape index (κ2) is 8.83. The first-order chi connectivity index (χ1) is 10.3. The van der Waals surface area contributed by atoms with E-state index in [1.54, 1.807) is 0 Å². The predicted molar refractivity (Wildman–Crippen MR) is 83.5 cm³/mol. The molecule has 0 saturated carbocycles. The Balaban J connectivity index is 1.64. The Morgan fingerprint density at radius 3 is 2.48 bits per heavy atom. The zero-order chi connectivity index (χ0) is 14.9. The smallest absolute Gasteiger partial charge is 0.338 e. The maximum absolute atomic E-state index is 11.8. The molecule has 1 aromatic rings. The summed E-state index contributed by atoms with van der Waals surface area (Å²) >= 11 is 0. The van der Waals surface area contributed by atoms with E-state index >= 15 is 0 Å². The molecule has 3 nitrogen and oxygen atoms in total. The van der Waals surface area contributed by atoms with Gasteiger partial charge in [-0.25, -0.2) is 4.79 Å². The molecule has 21 heavy (non-hydrogen) atoms. The van der Waals surface area contributed by atoms with Gasteiger partial charge in [-0.3, -0.25) is 0 Å². The van der Waals surface area contributed by atoms with Crippen LogP contribution >= 0.6 is 0 Å². The fraction of sp³-hybridized carbons (Fsp3) is 0.611. The molecule has 0 aromatic heterocycles. The van der Waals surface area contributed by atoms with Crippen LogP contribution in [0.4, 0.5) is 0 Å². The molecule has 116 valence electrons. The molecule has 1 aromatic carbocycles. The van der Waals surface area contributed by atoms with Gasteiger partial charge in [0.15, 0.2) is 0 Å². The lowest BCUT2D eigenvalue weighted by Crippen LogP contribution is -2.09. The molecule has 1 atom stereocenters. The molecule has 1 unspecified atom stereocenters. The summed E-state index contributed by atoms with van der Waals surface area (Å²) in [7, 11) is 0. The lowest BCUT2D eigenvalue weighted by molar-refractivity contribution is 0.0476. The summed E-state index contributed by atoms with van der Waals surface area (Å²) in [5.74, 6) is -0.253. The second-order valence-electron chi connectivity index (χ2n) is 5.77. The van der Waals surface area contributed by atoms with Gasteiger partial charge in [-0.1, -0.05) is 51.2 Å². The van der Waals surface area contributed by atoms with Gasteiger partial charge in [0, 0.05) is 0 Å². The van der Waals surface area contributed by atoms with E-state index in [0.29, 0.717) is 18.8 Å². The topological polar surface area (TPSA) is 38.8 Å². The van der Waals surface area contributed by atoms with Gasteiger partial charge < -0.3 is 9.47 Å². The molecule has 0 bridgehead atoms. The van der Waals surface area contributed by atoms with Crippen LogP contribution in [0.5, 0.6) is 0 Å². The predicted octanol–water partition coefficient (Wildman–Crippen LogP) is 4.15. The summed E-state index contributed by atoms with van der Waals surface area (Å²) in [6, 6.07) is 7.80. The van der Waals surface area contributed by atoms with Crippen LogP contribution in [-0.4, -0.2) is 25.3 Å². The number of epoxide rings is 1. The highest BCUT2D eigenvalue weighted by Crippen LogP contribution is 2.13. The lowest BCUT2D eigenvalue weighted by atomic mass is 10.0. The number of aryl methyl sites for hydroxylation is 1. The standard InChI is InChI=1S/C18H26O3/c1-2-3-4-5-6-7-8-15-9-11-16(12-10-15)18(19)21-14-17-13-20-17/h9-12,17H,2-8,13-14H2,1H3. The first kappa shape index (κ1) is 16.0. The van der Waals surface area contributed by atoms with Crippen LogP contribution in [0, 0.1) is 0 Å². The van der Waals surface area contributed by atoms with Crippen molar-refractivity contribution in [2.45, 2.75) is 58.0 Å². The highest BCUT2D eigenvalue weighted by Gasteiger charge is 2.24. The Labute approximate surface area is 127 Å². The SMILES string of the molecule is CCCCCCCCc1ccc(C(=O)OCC2CO2)cc1. The molecule has 0 spiro atoms. The summed E-state index contributed by atoms with van der Waals surface area (Å²) in [6.45, 7) is 3.33. The van der Waals surface area contributed by atoms with Gasteiger partial charge in [0.25, 0.3) is 0 Å². The van der Waals surface area contributed by atoms with Crippen LogP contribution in [0.1, 0.15) is 61.4 Å². The average molecular weight is 290 g/mol. The van der Waals surface area contributed by atoms with E-state index in [2.05, 4.69) is 6.92 Å². The minimum absolute atomic E-state index is 0.126. The molecule has 1 aliphatic heterocycles. The zero-order valence-corrected chi connectivity index (χ0v) is 13.0. The van der Waals surface area contributed by atoms with Gasteiger partial charge in [-0.05, 0) is 30.5 Å². The average Bonchev–Trinajstić information content (AvgIpc) is 3.33. The number of benzene rings is 1. The molecule has 0 N–H and O–H groups in total. The molecule has 0 aliphatic carbocycles. The molecule has 1 fully saturated rings. The van der Waals surface area contributed by atoms with Crippen LogP contribution in [0.3, 0.4) is 0 Å². The fourth-order valence-electron chi connectivity index (χ4n) is 2.33. The third-order valence-electron chi connectivity index (χ3n) is 3.81. The fourth-order valence-corrected chi connectivity index (χ4v) is 2.33. The van der Waals surface area contributed by atoms with Crippen molar-refractivity contribution >= 4 is 5.97 Å². The highest BCUT2D eigenvalue weighted by molar-refractivity contribution is 5.89. The molecular formula is C18H26O3. The summed E-state index contributed by atoms with van der Waals surface area (Å²) in [4.78, 5) is 11.8. The molecule has 3 heteroatoms. The van der Waals surface area contributed by atoms with Crippen molar-refractivity contribution in [1.82, 2.24) is 0 Å². The van der Waals surface area contributed by atoms with E-state index in [1.807, 2.05) is 24.3 Å². The zero-order valence-electron chi connectivity index (χ0n) is 13.0. The van der Waals surface area contributed by atoms with Crippen molar-refractivity contribution in [3.8, 4) is 0 Å². The van der Waals surface area contributed by atoms with E-state index in [0.717, 1.165) is 6.42 Å². The Bertz CT molecular complexity index is 421. The molecule has 2 rings (SSSR count). The number of carbonyl (C=O) groups is 1. The summed E-state index contributed by atoms with van der Waals surface area (Å²) < 4.78 is 10.2. The number of esters is 1. The maximum atomic E-state index is 11.8. The largest absolute Gasteiger partial charge is 0.459 e.